The number of rotatable bonds is 2. The number of carbonyl (C=O) groups excluding carboxylic acids is 1. The first-order valence-electron chi connectivity index (χ1n) is 6.86. The molecule has 0 aromatic heterocycles. The van der Waals surface area contributed by atoms with Gasteiger partial charge >= 0.3 is 5.97 Å². The molecule has 2 saturated heterocycles. The van der Waals surface area contributed by atoms with Gasteiger partial charge in [0.05, 0.1) is 17.8 Å². The van der Waals surface area contributed by atoms with Gasteiger partial charge in [0.1, 0.15) is 6.10 Å². The maximum absolute atomic E-state index is 11.9. The third-order valence-corrected chi connectivity index (χ3v) is 4.77. The highest BCUT2D eigenvalue weighted by Gasteiger charge is 2.54. The minimum atomic E-state index is -0.254. The van der Waals surface area contributed by atoms with Gasteiger partial charge < -0.3 is 14.6 Å². The molecule has 0 spiro atoms. The van der Waals surface area contributed by atoms with E-state index in [9.17, 15) is 9.90 Å². The standard InChI is InChI=1S/C15H16O4/c16-7-10-11-5-6-12(18-11)13(10)14-8-3-1-2-4-9(8)15(17)19-14/h1-4,10-14,16H,5-7H2/t10-,11-,12+,13-,14+/m1/s1. The Bertz CT molecular complexity index is 527. The lowest BCUT2D eigenvalue weighted by atomic mass is 9.75. The topological polar surface area (TPSA) is 55.8 Å². The summed E-state index contributed by atoms with van der Waals surface area (Å²) in [5, 5.41) is 9.61. The number of ether oxygens (including phenoxy) is 2. The van der Waals surface area contributed by atoms with Crippen molar-refractivity contribution in [2.75, 3.05) is 6.61 Å². The second kappa shape index (κ2) is 4.05. The van der Waals surface area contributed by atoms with E-state index in [1.54, 1.807) is 6.07 Å². The number of aliphatic hydroxyl groups excluding tert-OH is 1. The van der Waals surface area contributed by atoms with Crippen molar-refractivity contribution in [2.45, 2.75) is 31.2 Å². The summed E-state index contributed by atoms with van der Waals surface area (Å²) >= 11 is 0. The van der Waals surface area contributed by atoms with Crippen molar-refractivity contribution in [3.05, 3.63) is 35.4 Å². The van der Waals surface area contributed by atoms with E-state index in [4.69, 9.17) is 9.47 Å². The smallest absolute Gasteiger partial charge is 0.339 e. The molecule has 5 atom stereocenters. The molecular formula is C15H16O4. The monoisotopic (exact) mass is 260 g/mol. The molecule has 1 N–H and O–H groups in total. The molecule has 4 rings (SSSR count). The van der Waals surface area contributed by atoms with Gasteiger partial charge in [0.2, 0.25) is 0 Å². The summed E-state index contributed by atoms with van der Waals surface area (Å²) in [5.74, 6) is -0.0703. The van der Waals surface area contributed by atoms with Crippen LogP contribution in [0.15, 0.2) is 24.3 Å². The molecule has 2 fully saturated rings. The van der Waals surface area contributed by atoms with Crippen LogP contribution in [0.3, 0.4) is 0 Å². The van der Waals surface area contributed by atoms with E-state index in [0.29, 0.717) is 5.56 Å². The van der Waals surface area contributed by atoms with Crippen LogP contribution < -0.4 is 0 Å². The molecule has 2 bridgehead atoms. The molecule has 4 heteroatoms. The van der Waals surface area contributed by atoms with E-state index < -0.39 is 0 Å². The predicted octanol–water partition coefficient (Wildman–Crippen LogP) is 1.68. The minimum Gasteiger partial charge on any atom is -0.453 e. The van der Waals surface area contributed by atoms with Crippen molar-refractivity contribution in [3.63, 3.8) is 0 Å². The van der Waals surface area contributed by atoms with Gasteiger partial charge in [-0.3, -0.25) is 0 Å². The Hall–Kier alpha value is -1.39. The van der Waals surface area contributed by atoms with E-state index >= 15 is 0 Å². The Morgan fingerprint density at radius 3 is 2.84 bits per heavy atom. The number of hydrogen-bond acceptors (Lipinski definition) is 4. The lowest BCUT2D eigenvalue weighted by Gasteiger charge is -2.30. The first-order valence-corrected chi connectivity index (χ1v) is 6.86. The van der Waals surface area contributed by atoms with Crippen molar-refractivity contribution >= 4 is 5.97 Å². The van der Waals surface area contributed by atoms with Crippen molar-refractivity contribution in [1.82, 2.24) is 0 Å². The summed E-state index contributed by atoms with van der Waals surface area (Å²) in [6.45, 7) is 0.0993. The van der Waals surface area contributed by atoms with Crippen LogP contribution in [-0.4, -0.2) is 29.9 Å². The quantitative estimate of drug-likeness (QED) is 0.822. The van der Waals surface area contributed by atoms with Crippen LogP contribution in [0.4, 0.5) is 0 Å². The van der Waals surface area contributed by atoms with Gasteiger partial charge in [0.15, 0.2) is 0 Å². The SMILES string of the molecule is O=C1O[C@H]([C@@H]2[C@H](CO)[C@H]3CC[C@@H]2O3)c2ccccc21. The molecule has 19 heavy (non-hydrogen) atoms. The van der Waals surface area contributed by atoms with E-state index in [-0.39, 0.29) is 42.7 Å². The van der Waals surface area contributed by atoms with Crippen LogP contribution in [0.1, 0.15) is 34.9 Å². The molecule has 1 aromatic rings. The summed E-state index contributed by atoms with van der Waals surface area (Å²) in [7, 11) is 0. The van der Waals surface area contributed by atoms with E-state index in [1.807, 2.05) is 18.2 Å². The van der Waals surface area contributed by atoms with Crippen LogP contribution in [0, 0.1) is 11.8 Å². The lowest BCUT2D eigenvalue weighted by Crippen LogP contribution is -2.34. The fourth-order valence-corrected chi connectivity index (χ4v) is 3.93. The van der Waals surface area contributed by atoms with Crippen molar-refractivity contribution < 1.29 is 19.4 Å². The van der Waals surface area contributed by atoms with Crippen molar-refractivity contribution in [1.29, 1.82) is 0 Å². The van der Waals surface area contributed by atoms with Gasteiger partial charge in [-0.1, -0.05) is 18.2 Å². The van der Waals surface area contributed by atoms with Crippen molar-refractivity contribution in [3.8, 4) is 0 Å². The lowest BCUT2D eigenvalue weighted by molar-refractivity contribution is -0.00171. The highest BCUT2D eigenvalue weighted by molar-refractivity contribution is 5.94. The summed E-state index contributed by atoms with van der Waals surface area (Å²) in [6, 6.07) is 7.53. The molecule has 1 aromatic carbocycles. The Kier molecular flexibility index (Phi) is 2.44. The molecular weight excluding hydrogens is 244 g/mol. The molecule has 0 radical (unpaired) electrons. The fourth-order valence-electron chi connectivity index (χ4n) is 3.93. The van der Waals surface area contributed by atoms with Gasteiger partial charge in [-0.05, 0) is 18.9 Å². The van der Waals surface area contributed by atoms with Crippen molar-refractivity contribution in [2.24, 2.45) is 11.8 Å². The zero-order chi connectivity index (χ0) is 13.0. The number of carbonyl (C=O) groups is 1. The molecule has 0 amide bonds. The number of cyclic esters (lactones) is 1. The number of aliphatic hydroxyl groups is 1. The number of benzene rings is 1. The average Bonchev–Trinajstić information content (AvgIpc) is 3.11. The van der Waals surface area contributed by atoms with E-state index in [0.717, 1.165) is 18.4 Å². The largest absolute Gasteiger partial charge is 0.453 e. The zero-order valence-electron chi connectivity index (χ0n) is 10.5. The van der Waals surface area contributed by atoms with E-state index in [2.05, 4.69) is 0 Å². The van der Waals surface area contributed by atoms with Crippen LogP contribution in [0.2, 0.25) is 0 Å². The third-order valence-electron chi connectivity index (χ3n) is 4.77. The molecule has 3 aliphatic rings. The van der Waals surface area contributed by atoms with E-state index in [1.165, 1.54) is 0 Å². The fraction of sp³-hybridized carbons (Fsp3) is 0.533. The summed E-state index contributed by atoms with van der Waals surface area (Å²) in [6.07, 6.45) is 2.00. The zero-order valence-corrected chi connectivity index (χ0v) is 10.5. The number of esters is 1. The van der Waals surface area contributed by atoms with Crippen LogP contribution in [0.5, 0.6) is 0 Å². The maximum Gasteiger partial charge on any atom is 0.339 e. The normalized spacial score (nSPS) is 39.4. The average molecular weight is 260 g/mol. The second-order valence-corrected chi connectivity index (χ2v) is 5.63. The van der Waals surface area contributed by atoms with Gasteiger partial charge in [-0.15, -0.1) is 0 Å². The van der Waals surface area contributed by atoms with Crippen LogP contribution >= 0.6 is 0 Å². The molecule has 100 valence electrons. The molecule has 0 aliphatic carbocycles. The van der Waals surface area contributed by atoms with Crippen LogP contribution in [-0.2, 0) is 9.47 Å². The molecule has 4 nitrogen and oxygen atoms in total. The van der Waals surface area contributed by atoms with Gasteiger partial charge in [-0.2, -0.15) is 0 Å². The first-order chi connectivity index (χ1) is 9.29. The Morgan fingerprint density at radius 2 is 2.00 bits per heavy atom. The summed E-state index contributed by atoms with van der Waals surface area (Å²) in [5.41, 5.74) is 1.61. The van der Waals surface area contributed by atoms with Gasteiger partial charge in [0, 0.05) is 24.0 Å². The minimum absolute atomic E-state index is 0.0858. The second-order valence-electron chi connectivity index (χ2n) is 5.63. The molecule has 3 aliphatic heterocycles. The number of hydrogen-bond donors (Lipinski definition) is 1. The molecule has 0 unspecified atom stereocenters. The molecule has 3 heterocycles. The predicted molar refractivity (Wildman–Crippen MR) is 66.6 cm³/mol. The third kappa shape index (κ3) is 1.50. The van der Waals surface area contributed by atoms with Gasteiger partial charge in [-0.25, -0.2) is 4.79 Å². The first kappa shape index (κ1) is 11.4. The Labute approximate surface area is 111 Å². The highest BCUT2D eigenvalue weighted by atomic mass is 16.6. The van der Waals surface area contributed by atoms with Gasteiger partial charge in [0.25, 0.3) is 0 Å². The Morgan fingerprint density at radius 1 is 1.21 bits per heavy atom. The number of fused-ring (bicyclic) bond motifs is 3. The summed E-state index contributed by atoms with van der Waals surface area (Å²) < 4.78 is 11.5. The highest BCUT2D eigenvalue weighted by Crippen LogP contribution is 2.51. The Balaban J connectivity index is 1.72. The molecule has 0 saturated carbocycles. The summed E-state index contributed by atoms with van der Waals surface area (Å²) in [4.78, 5) is 11.9. The van der Waals surface area contributed by atoms with Crippen LogP contribution in [0.25, 0.3) is 0 Å². The maximum atomic E-state index is 11.9.